The average molecular weight is 459 g/mol. The van der Waals surface area contributed by atoms with Gasteiger partial charge in [0.1, 0.15) is 29.3 Å². The number of nitrogen functional groups attached to an aromatic ring is 1. The number of carboxylic acids is 2. The minimum Gasteiger partial charge on any atom is -0.488 e. The van der Waals surface area contributed by atoms with Gasteiger partial charge in [0, 0.05) is 15.6 Å². The van der Waals surface area contributed by atoms with Gasteiger partial charge in [0.2, 0.25) is 0 Å². The summed E-state index contributed by atoms with van der Waals surface area (Å²) in [5.74, 6) is -3.28. The highest BCUT2D eigenvalue weighted by molar-refractivity contribution is 9.10. The lowest BCUT2D eigenvalue weighted by molar-refractivity contribution is 0.0695. The Morgan fingerprint density at radius 1 is 1.03 bits per heavy atom. The molecule has 0 saturated carbocycles. The molecule has 1 aromatic heterocycles. The Bertz CT molecular complexity index is 1170. The number of nitrogens with one attached hydrogen (secondary N) is 1. The Hall–Kier alpha value is -3.59. The van der Waals surface area contributed by atoms with Gasteiger partial charge in [0.05, 0.1) is 0 Å². The lowest BCUT2D eigenvalue weighted by Crippen LogP contribution is -2.24. The molecule has 0 fully saturated rings. The molecule has 0 radical (unpaired) electrons. The summed E-state index contributed by atoms with van der Waals surface area (Å²) in [6.07, 6.45) is 0. The molecule has 8 nitrogen and oxygen atoms in total. The largest absolute Gasteiger partial charge is 0.488 e. The van der Waals surface area contributed by atoms with Gasteiger partial charge in [-0.15, -0.1) is 0 Å². The summed E-state index contributed by atoms with van der Waals surface area (Å²) in [5.41, 5.74) is 4.10. The Balaban J connectivity index is 2.18. The minimum absolute atomic E-state index is 0.134. The predicted molar refractivity (Wildman–Crippen MR) is 109 cm³/mol. The van der Waals surface area contributed by atoms with Gasteiger partial charge in [-0.3, -0.25) is 4.79 Å². The number of carboxylic acid groups (broad SMARTS) is 2. The SMILES string of the molecule is Nc1[nH]c(=O)c(C(=O)O)c(-c2ccccc2OCc2cccc(Br)c2)c1C(=O)O. The van der Waals surface area contributed by atoms with E-state index in [1.165, 1.54) is 6.07 Å². The van der Waals surface area contributed by atoms with E-state index >= 15 is 0 Å². The Morgan fingerprint density at radius 3 is 2.38 bits per heavy atom. The van der Waals surface area contributed by atoms with Crippen LogP contribution in [0.4, 0.5) is 5.82 Å². The number of benzene rings is 2. The third-order valence-electron chi connectivity index (χ3n) is 4.11. The maximum absolute atomic E-state index is 12.2. The zero-order chi connectivity index (χ0) is 21.1. The summed E-state index contributed by atoms with van der Waals surface area (Å²) < 4.78 is 6.68. The van der Waals surface area contributed by atoms with Crippen LogP contribution in [0.25, 0.3) is 11.1 Å². The molecule has 0 aliphatic heterocycles. The minimum atomic E-state index is -1.58. The van der Waals surface area contributed by atoms with Crippen molar-refractivity contribution in [2.24, 2.45) is 0 Å². The number of ether oxygens (including phenoxy) is 1. The van der Waals surface area contributed by atoms with E-state index in [-0.39, 0.29) is 23.5 Å². The molecule has 3 rings (SSSR count). The number of aromatic carboxylic acids is 2. The molecule has 0 spiro atoms. The van der Waals surface area contributed by atoms with Crippen LogP contribution < -0.4 is 16.0 Å². The fraction of sp³-hybridized carbons (Fsp3) is 0.0500. The van der Waals surface area contributed by atoms with Crippen molar-refractivity contribution in [2.45, 2.75) is 6.61 Å². The van der Waals surface area contributed by atoms with Crippen molar-refractivity contribution >= 4 is 33.7 Å². The van der Waals surface area contributed by atoms with E-state index in [9.17, 15) is 24.6 Å². The molecule has 0 aliphatic rings. The van der Waals surface area contributed by atoms with Crippen molar-refractivity contribution in [3.05, 3.63) is 80.0 Å². The number of rotatable bonds is 6. The van der Waals surface area contributed by atoms with Crippen LogP contribution >= 0.6 is 15.9 Å². The van der Waals surface area contributed by atoms with Crippen LogP contribution in [0.15, 0.2) is 57.8 Å². The number of aromatic amines is 1. The Labute approximate surface area is 172 Å². The highest BCUT2D eigenvalue weighted by Crippen LogP contribution is 2.36. The molecular weight excluding hydrogens is 444 g/mol. The zero-order valence-corrected chi connectivity index (χ0v) is 16.4. The molecule has 3 aromatic rings. The fourth-order valence-electron chi connectivity index (χ4n) is 2.90. The van der Waals surface area contributed by atoms with E-state index in [0.717, 1.165) is 10.0 Å². The van der Waals surface area contributed by atoms with Gasteiger partial charge < -0.3 is 25.7 Å². The molecule has 5 N–H and O–H groups in total. The van der Waals surface area contributed by atoms with Gasteiger partial charge in [-0.1, -0.05) is 46.3 Å². The van der Waals surface area contributed by atoms with Gasteiger partial charge in [-0.2, -0.15) is 0 Å². The lowest BCUT2D eigenvalue weighted by atomic mass is 9.94. The summed E-state index contributed by atoms with van der Waals surface area (Å²) in [6, 6.07) is 13.6. The Kier molecular flexibility index (Phi) is 5.69. The number of hydrogen-bond acceptors (Lipinski definition) is 5. The summed E-state index contributed by atoms with van der Waals surface area (Å²) in [5, 5.41) is 19.1. The van der Waals surface area contributed by atoms with Crippen LogP contribution in [-0.4, -0.2) is 27.1 Å². The topological polar surface area (TPSA) is 143 Å². The van der Waals surface area contributed by atoms with Crippen LogP contribution in [0.3, 0.4) is 0 Å². The first kappa shape index (κ1) is 20.2. The van der Waals surface area contributed by atoms with E-state index in [1.54, 1.807) is 18.2 Å². The van der Waals surface area contributed by atoms with Gasteiger partial charge in [0.15, 0.2) is 0 Å². The summed E-state index contributed by atoms with van der Waals surface area (Å²) in [6.45, 7) is 0.139. The van der Waals surface area contributed by atoms with Crippen molar-refractivity contribution in [1.29, 1.82) is 0 Å². The molecule has 9 heteroatoms. The number of hydrogen-bond donors (Lipinski definition) is 4. The quantitative estimate of drug-likeness (QED) is 0.443. The number of para-hydroxylation sites is 1. The number of H-pyrrole nitrogens is 1. The second-order valence-corrected chi connectivity index (χ2v) is 6.93. The van der Waals surface area contributed by atoms with Crippen molar-refractivity contribution in [3.8, 4) is 16.9 Å². The van der Waals surface area contributed by atoms with Crippen LogP contribution in [0.1, 0.15) is 26.3 Å². The molecule has 148 valence electrons. The highest BCUT2D eigenvalue weighted by atomic mass is 79.9. The number of carbonyl (C=O) groups is 2. The van der Waals surface area contributed by atoms with Crippen LogP contribution in [0, 0.1) is 0 Å². The summed E-state index contributed by atoms with van der Waals surface area (Å²) in [7, 11) is 0. The molecule has 0 bridgehead atoms. The van der Waals surface area contributed by atoms with Crippen LogP contribution in [0.2, 0.25) is 0 Å². The van der Waals surface area contributed by atoms with Crippen molar-refractivity contribution in [3.63, 3.8) is 0 Å². The highest BCUT2D eigenvalue weighted by Gasteiger charge is 2.28. The normalized spacial score (nSPS) is 10.5. The number of nitrogens with two attached hydrogens (primary N) is 1. The van der Waals surface area contributed by atoms with Crippen molar-refractivity contribution in [1.82, 2.24) is 4.98 Å². The number of anilines is 1. The van der Waals surface area contributed by atoms with Crippen LogP contribution in [-0.2, 0) is 6.61 Å². The third-order valence-corrected chi connectivity index (χ3v) is 4.61. The predicted octanol–water partition coefficient (Wildman–Crippen LogP) is 3.36. The molecule has 1 heterocycles. The van der Waals surface area contributed by atoms with Crippen LogP contribution in [0.5, 0.6) is 5.75 Å². The second-order valence-electron chi connectivity index (χ2n) is 6.02. The monoisotopic (exact) mass is 458 g/mol. The number of aromatic nitrogens is 1. The maximum Gasteiger partial charge on any atom is 0.342 e. The first-order chi connectivity index (χ1) is 13.8. The zero-order valence-electron chi connectivity index (χ0n) is 14.8. The molecule has 0 amide bonds. The summed E-state index contributed by atoms with van der Waals surface area (Å²) in [4.78, 5) is 37.8. The molecule has 29 heavy (non-hydrogen) atoms. The number of pyridine rings is 1. The standard InChI is InChI=1S/C20H15BrN2O6/c21-11-5-3-4-10(8-11)9-29-13-7-2-1-6-12(13)14-15(19(25)26)17(22)23-18(24)16(14)20(27)28/h1-8H,9H2,(H,25,26)(H,27,28)(H3,22,23,24). The first-order valence-electron chi connectivity index (χ1n) is 8.28. The third kappa shape index (κ3) is 4.14. The fourth-order valence-corrected chi connectivity index (χ4v) is 3.35. The first-order valence-corrected chi connectivity index (χ1v) is 9.08. The van der Waals surface area contributed by atoms with E-state index in [2.05, 4.69) is 20.9 Å². The maximum atomic E-state index is 12.2. The van der Waals surface area contributed by atoms with E-state index in [4.69, 9.17) is 10.5 Å². The molecule has 2 aromatic carbocycles. The summed E-state index contributed by atoms with van der Waals surface area (Å²) >= 11 is 3.37. The molecule has 0 unspecified atom stereocenters. The molecule has 0 saturated heterocycles. The van der Waals surface area contributed by atoms with E-state index < -0.39 is 34.4 Å². The van der Waals surface area contributed by atoms with Crippen molar-refractivity contribution < 1.29 is 24.5 Å². The van der Waals surface area contributed by atoms with E-state index in [0.29, 0.717) is 0 Å². The molecule has 0 atom stereocenters. The lowest BCUT2D eigenvalue weighted by Gasteiger charge is -2.16. The molecular formula is C20H15BrN2O6. The van der Waals surface area contributed by atoms with Crippen molar-refractivity contribution in [2.75, 3.05) is 5.73 Å². The Morgan fingerprint density at radius 2 is 1.72 bits per heavy atom. The van der Waals surface area contributed by atoms with Gasteiger partial charge in [-0.05, 0) is 23.8 Å². The second kappa shape index (κ2) is 8.19. The van der Waals surface area contributed by atoms with E-state index in [1.807, 2.05) is 24.3 Å². The van der Waals surface area contributed by atoms with Gasteiger partial charge in [-0.25, -0.2) is 9.59 Å². The van der Waals surface area contributed by atoms with Gasteiger partial charge in [0.25, 0.3) is 5.56 Å². The number of halogens is 1. The van der Waals surface area contributed by atoms with Gasteiger partial charge >= 0.3 is 11.9 Å². The average Bonchev–Trinajstić information content (AvgIpc) is 2.65. The molecule has 0 aliphatic carbocycles. The smallest absolute Gasteiger partial charge is 0.342 e.